The quantitative estimate of drug-likeness (QED) is 0.377. The summed E-state index contributed by atoms with van der Waals surface area (Å²) >= 11 is 0. The minimum atomic E-state index is -4.39. The fourth-order valence-electron chi connectivity index (χ4n) is 2.44. The minimum absolute atomic E-state index is 0.00892. The number of ether oxygens (including phenoxy) is 1. The average Bonchev–Trinajstić information content (AvgIpc) is 2.71. The molecule has 9 heteroatoms. The van der Waals surface area contributed by atoms with E-state index < -0.39 is 17.7 Å². The van der Waals surface area contributed by atoms with Gasteiger partial charge in [-0.1, -0.05) is 52.8 Å². The van der Waals surface area contributed by atoms with Crippen molar-refractivity contribution in [3.8, 4) is 0 Å². The van der Waals surface area contributed by atoms with Crippen molar-refractivity contribution in [3.05, 3.63) is 70.8 Å². The molecule has 0 N–H and O–H groups in total. The van der Waals surface area contributed by atoms with Crippen LogP contribution in [0.3, 0.4) is 0 Å². The molecule has 0 bridgehead atoms. The summed E-state index contributed by atoms with van der Waals surface area (Å²) in [5.74, 6) is -0.674. The Kier molecular flexibility index (Phi) is 7.76. The molecule has 0 radical (unpaired) electrons. The van der Waals surface area contributed by atoms with Gasteiger partial charge < -0.3 is 14.4 Å². The number of halogens is 3. The van der Waals surface area contributed by atoms with Gasteiger partial charge in [0.25, 0.3) is 0 Å². The van der Waals surface area contributed by atoms with Gasteiger partial charge in [0.2, 0.25) is 0 Å². The Labute approximate surface area is 165 Å². The largest absolute Gasteiger partial charge is 0.464 e. The summed E-state index contributed by atoms with van der Waals surface area (Å²) in [5.41, 5.74) is 0.764. The van der Waals surface area contributed by atoms with E-state index in [1.165, 1.54) is 26.5 Å². The number of hydrogen-bond acceptors (Lipinski definition) is 6. The lowest BCUT2D eigenvalue weighted by atomic mass is 10.0. The molecule has 154 valence electrons. The lowest BCUT2D eigenvalue weighted by molar-refractivity contribution is -0.137. The van der Waals surface area contributed by atoms with Gasteiger partial charge in [0, 0.05) is 23.8 Å². The summed E-state index contributed by atoms with van der Waals surface area (Å²) in [6.45, 7) is 0.00892. The summed E-state index contributed by atoms with van der Waals surface area (Å²) < 4.78 is 42.9. The van der Waals surface area contributed by atoms with Crippen LogP contribution in [0.5, 0.6) is 0 Å². The summed E-state index contributed by atoms with van der Waals surface area (Å²) in [6.07, 6.45) is -2.86. The Balaban J connectivity index is 2.03. The molecule has 0 aromatic heterocycles. The van der Waals surface area contributed by atoms with Gasteiger partial charge in [0.1, 0.15) is 13.7 Å². The first-order chi connectivity index (χ1) is 13.9. The Bertz CT molecular complexity index is 895. The summed E-state index contributed by atoms with van der Waals surface area (Å²) in [4.78, 5) is 21.8. The normalized spacial score (nSPS) is 12.1. The van der Waals surface area contributed by atoms with Gasteiger partial charge in [-0.2, -0.15) is 13.2 Å². The van der Waals surface area contributed by atoms with Gasteiger partial charge in [0.05, 0.1) is 12.7 Å². The predicted octanol–water partition coefficient (Wildman–Crippen LogP) is 3.97. The molecule has 2 aromatic rings. The van der Waals surface area contributed by atoms with Crippen molar-refractivity contribution in [1.29, 1.82) is 0 Å². The highest BCUT2D eigenvalue weighted by molar-refractivity contribution is 6.43. The van der Waals surface area contributed by atoms with Crippen molar-refractivity contribution in [2.24, 2.45) is 10.3 Å². The lowest BCUT2D eigenvalue weighted by Gasteiger charge is -2.09. The van der Waals surface area contributed by atoms with Crippen LogP contribution in [0.2, 0.25) is 0 Å². The molecule has 0 aliphatic carbocycles. The van der Waals surface area contributed by atoms with Crippen LogP contribution in [0.25, 0.3) is 0 Å². The molecule has 0 fully saturated rings. The fourth-order valence-corrected chi connectivity index (χ4v) is 2.44. The molecule has 6 nitrogen and oxygen atoms in total. The van der Waals surface area contributed by atoms with Crippen LogP contribution >= 0.6 is 0 Å². The van der Waals surface area contributed by atoms with E-state index in [1.54, 1.807) is 30.3 Å². The van der Waals surface area contributed by atoms with Crippen LogP contribution in [0.4, 0.5) is 13.2 Å². The minimum Gasteiger partial charge on any atom is -0.464 e. The van der Waals surface area contributed by atoms with Crippen LogP contribution in [0.1, 0.15) is 22.3 Å². The van der Waals surface area contributed by atoms with Crippen molar-refractivity contribution in [2.75, 3.05) is 14.2 Å². The van der Waals surface area contributed by atoms with Crippen LogP contribution in [0, 0.1) is 0 Å². The number of methoxy groups -OCH3 is 1. The van der Waals surface area contributed by atoms with Crippen LogP contribution < -0.4 is 0 Å². The van der Waals surface area contributed by atoms with Crippen LogP contribution in [-0.2, 0) is 38.4 Å². The summed E-state index contributed by atoms with van der Waals surface area (Å²) in [7, 11) is 2.53. The van der Waals surface area contributed by atoms with Crippen molar-refractivity contribution >= 4 is 17.9 Å². The van der Waals surface area contributed by atoms with E-state index in [1.807, 2.05) is 0 Å². The maximum Gasteiger partial charge on any atom is 0.416 e. The van der Waals surface area contributed by atoms with Gasteiger partial charge in [0.15, 0.2) is 5.71 Å². The Hall–Kier alpha value is -3.36. The van der Waals surface area contributed by atoms with Crippen molar-refractivity contribution in [1.82, 2.24) is 0 Å². The summed E-state index contributed by atoms with van der Waals surface area (Å²) in [5, 5.41) is 7.47. The second kappa shape index (κ2) is 10.3. The first-order valence-corrected chi connectivity index (χ1v) is 8.44. The molecule has 0 saturated heterocycles. The molecule has 0 saturated carbocycles. The highest BCUT2D eigenvalue weighted by Gasteiger charge is 2.30. The third kappa shape index (κ3) is 6.34. The van der Waals surface area contributed by atoms with Crippen LogP contribution in [0.15, 0.2) is 58.8 Å². The number of hydrogen-bond donors (Lipinski definition) is 0. The second-order valence-corrected chi connectivity index (χ2v) is 5.73. The number of carbonyl (C=O) groups excluding carboxylic acids is 1. The number of rotatable bonds is 8. The number of oxime groups is 2. The Morgan fingerprint density at radius 2 is 1.86 bits per heavy atom. The Morgan fingerprint density at radius 1 is 1.10 bits per heavy atom. The number of benzene rings is 2. The van der Waals surface area contributed by atoms with Crippen molar-refractivity contribution in [3.63, 3.8) is 0 Å². The van der Waals surface area contributed by atoms with Gasteiger partial charge >= 0.3 is 12.1 Å². The molecular formula is C20H19F3N2O4. The van der Waals surface area contributed by atoms with Gasteiger partial charge in [-0.05, 0) is 11.6 Å². The SMILES string of the molecule is CON=C(C(=O)OC)c1ccccc1CON=CCc1cccc(C(F)(F)F)c1. The molecule has 0 aliphatic rings. The van der Waals surface area contributed by atoms with Crippen molar-refractivity contribution in [2.45, 2.75) is 19.2 Å². The lowest BCUT2D eigenvalue weighted by Crippen LogP contribution is -2.19. The standard InChI is InChI=1S/C20H19F3N2O4/c1-27-19(26)18(25-28-2)17-9-4-3-7-15(17)13-29-24-11-10-14-6-5-8-16(12-14)20(21,22)23/h3-9,11-12H,10,13H2,1-2H3. The molecule has 0 amide bonds. The zero-order chi connectivity index (χ0) is 21.3. The van der Waals surface area contributed by atoms with Crippen molar-refractivity contribution < 1.29 is 32.4 Å². The van der Waals surface area contributed by atoms with Gasteiger partial charge in [-0.15, -0.1) is 0 Å². The van der Waals surface area contributed by atoms with E-state index in [4.69, 9.17) is 14.4 Å². The number of nitrogens with zero attached hydrogens (tertiary/aromatic N) is 2. The third-order valence-corrected chi connectivity index (χ3v) is 3.78. The zero-order valence-corrected chi connectivity index (χ0v) is 15.8. The Morgan fingerprint density at radius 3 is 2.55 bits per heavy atom. The highest BCUT2D eigenvalue weighted by Crippen LogP contribution is 2.29. The fraction of sp³-hybridized carbons (Fsp3) is 0.250. The summed E-state index contributed by atoms with van der Waals surface area (Å²) in [6, 6.07) is 11.8. The number of alkyl halides is 3. The molecule has 0 spiro atoms. The smallest absolute Gasteiger partial charge is 0.416 e. The van der Waals surface area contributed by atoms with E-state index in [0.717, 1.165) is 12.1 Å². The van der Waals surface area contributed by atoms with Gasteiger partial charge in [-0.25, -0.2) is 4.79 Å². The second-order valence-electron chi connectivity index (χ2n) is 5.73. The molecule has 2 aromatic carbocycles. The van der Waals surface area contributed by atoms with E-state index in [9.17, 15) is 18.0 Å². The topological polar surface area (TPSA) is 69.5 Å². The first-order valence-electron chi connectivity index (χ1n) is 8.44. The first kappa shape index (κ1) is 21.9. The highest BCUT2D eigenvalue weighted by atomic mass is 19.4. The molecule has 0 heterocycles. The molecule has 0 atom stereocenters. The van der Waals surface area contributed by atoms with Gasteiger partial charge in [-0.3, -0.25) is 0 Å². The predicted molar refractivity (Wildman–Crippen MR) is 100 cm³/mol. The maximum atomic E-state index is 12.7. The van der Waals surface area contributed by atoms with E-state index in [-0.39, 0.29) is 18.7 Å². The van der Waals surface area contributed by atoms with E-state index >= 15 is 0 Å². The van der Waals surface area contributed by atoms with E-state index in [2.05, 4.69) is 10.3 Å². The molecular weight excluding hydrogens is 389 g/mol. The van der Waals surface area contributed by atoms with E-state index in [0.29, 0.717) is 16.7 Å². The molecule has 29 heavy (non-hydrogen) atoms. The number of esters is 1. The average molecular weight is 408 g/mol. The third-order valence-electron chi connectivity index (χ3n) is 3.78. The molecule has 0 unspecified atom stereocenters. The van der Waals surface area contributed by atoms with Crippen LogP contribution in [-0.4, -0.2) is 32.1 Å². The molecule has 2 rings (SSSR count). The maximum absolute atomic E-state index is 12.7. The number of carbonyl (C=O) groups is 1. The zero-order valence-electron chi connectivity index (χ0n) is 15.8. The molecule has 0 aliphatic heterocycles. The monoisotopic (exact) mass is 408 g/mol.